The maximum atomic E-state index is 4.43. The summed E-state index contributed by atoms with van der Waals surface area (Å²) in [6, 6.07) is 2.28. The highest BCUT2D eigenvalue weighted by Crippen LogP contribution is 2.61. The minimum atomic E-state index is 0.532. The number of pyridine rings is 1. The van der Waals surface area contributed by atoms with Crippen LogP contribution in [0.4, 0.5) is 0 Å². The van der Waals surface area contributed by atoms with Crippen LogP contribution in [-0.4, -0.2) is 4.98 Å². The van der Waals surface area contributed by atoms with Crippen LogP contribution in [0.15, 0.2) is 12.3 Å². The highest BCUT2D eigenvalue weighted by atomic mass is 14.7. The van der Waals surface area contributed by atoms with Crippen LogP contribution in [0.5, 0.6) is 0 Å². The first-order valence-corrected chi connectivity index (χ1v) is 5.54. The molecule has 0 aliphatic heterocycles. The number of aromatic nitrogens is 1. The van der Waals surface area contributed by atoms with Crippen molar-refractivity contribution in [3.63, 3.8) is 0 Å². The highest BCUT2D eigenvalue weighted by Gasteiger charge is 2.52. The Bertz CT molecular complexity index is 392. The fraction of sp³-hybridized carbons (Fsp3) is 0.615. The Kier molecular flexibility index (Phi) is 1.44. The van der Waals surface area contributed by atoms with Crippen LogP contribution in [0.25, 0.3) is 0 Å². The Hall–Kier alpha value is -0.850. The zero-order valence-electron chi connectivity index (χ0n) is 9.17. The summed E-state index contributed by atoms with van der Waals surface area (Å²) in [5, 5.41) is 0. The number of hydrogen-bond acceptors (Lipinski definition) is 1. The van der Waals surface area contributed by atoms with Gasteiger partial charge < -0.3 is 0 Å². The molecule has 1 aromatic heterocycles. The topological polar surface area (TPSA) is 12.9 Å². The maximum Gasteiger partial charge on any atom is 0.0375 e. The summed E-state index contributed by atoms with van der Waals surface area (Å²) in [5.41, 5.74) is 4.80. The van der Waals surface area contributed by atoms with Gasteiger partial charge in [-0.15, -0.1) is 0 Å². The normalized spacial score (nSPS) is 31.9. The largest absolute Gasteiger partial charge is 0.261 e. The molecule has 1 heteroatoms. The number of rotatable bonds is 0. The summed E-state index contributed by atoms with van der Waals surface area (Å²) in [7, 11) is 0. The van der Waals surface area contributed by atoms with Crippen molar-refractivity contribution in [1.82, 2.24) is 4.98 Å². The summed E-state index contributed by atoms with van der Waals surface area (Å²) < 4.78 is 0. The maximum absolute atomic E-state index is 4.43. The van der Waals surface area contributed by atoms with E-state index in [1.54, 1.807) is 5.56 Å². The predicted molar refractivity (Wildman–Crippen MR) is 57.3 cm³/mol. The van der Waals surface area contributed by atoms with E-state index in [2.05, 4.69) is 38.0 Å². The first-order valence-electron chi connectivity index (χ1n) is 5.54. The zero-order valence-corrected chi connectivity index (χ0v) is 9.17. The molecule has 2 bridgehead atoms. The smallest absolute Gasteiger partial charge is 0.0375 e. The van der Waals surface area contributed by atoms with E-state index in [0.717, 1.165) is 11.8 Å². The van der Waals surface area contributed by atoms with E-state index in [4.69, 9.17) is 0 Å². The molecule has 0 N–H and O–H groups in total. The van der Waals surface area contributed by atoms with Gasteiger partial charge in [0.1, 0.15) is 0 Å². The zero-order chi connectivity index (χ0) is 9.92. The van der Waals surface area contributed by atoms with Crippen LogP contribution >= 0.6 is 0 Å². The molecule has 0 radical (unpaired) electrons. The van der Waals surface area contributed by atoms with E-state index in [9.17, 15) is 0 Å². The first-order chi connectivity index (χ1) is 6.59. The van der Waals surface area contributed by atoms with Gasteiger partial charge >= 0.3 is 0 Å². The third kappa shape index (κ3) is 0.879. The average Bonchev–Trinajstić information content (AvgIpc) is 2.16. The van der Waals surface area contributed by atoms with E-state index in [1.165, 1.54) is 24.1 Å². The molecule has 1 saturated carbocycles. The van der Waals surface area contributed by atoms with E-state index < -0.39 is 0 Å². The molecule has 2 atom stereocenters. The average molecular weight is 187 g/mol. The van der Waals surface area contributed by atoms with Crippen LogP contribution in [0.1, 0.15) is 43.0 Å². The lowest BCUT2D eigenvalue weighted by atomic mass is 9.48. The summed E-state index contributed by atoms with van der Waals surface area (Å²) in [5.74, 6) is 1.70. The number of aryl methyl sites for hydroxylation is 1. The predicted octanol–water partition coefficient (Wildman–Crippen LogP) is 3.08. The molecular formula is C13H17N. The fourth-order valence-electron chi connectivity index (χ4n) is 3.27. The van der Waals surface area contributed by atoms with E-state index >= 15 is 0 Å². The van der Waals surface area contributed by atoms with Crippen molar-refractivity contribution in [1.29, 1.82) is 0 Å². The molecule has 3 aliphatic carbocycles. The molecule has 0 aromatic carbocycles. The van der Waals surface area contributed by atoms with E-state index in [-0.39, 0.29) is 0 Å². The van der Waals surface area contributed by atoms with Crippen molar-refractivity contribution in [2.24, 2.45) is 11.3 Å². The molecule has 0 spiro atoms. The third-order valence-electron chi connectivity index (χ3n) is 4.47. The minimum Gasteiger partial charge on any atom is -0.261 e. The Balaban J connectivity index is 2.11. The van der Waals surface area contributed by atoms with Crippen molar-refractivity contribution in [3.8, 4) is 0 Å². The molecule has 4 rings (SSSR count). The van der Waals surface area contributed by atoms with Crippen LogP contribution < -0.4 is 0 Å². The molecule has 1 fully saturated rings. The summed E-state index contributed by atoms with van der Waals surface area (Å²) >= 11 is 0. The molecule has 1 heterocycles. The molecule has 2 unspecified atom stereocenters. The van der Waals surface area contributed by atoms with Crippen molar-refractivity contribution < 1.29 is 0 Å². The van der Waals surface area contributed by atoms with Crippen molar-refractivity contribution >= 4 is 0 Å². The molecule has 1 nitrogen and oxygen atoms in total. The van der Waals surface area contributed by atoms with E-state index in [1.807, 2.05) is 0 Å². The van der Waals surface area contributed by atoms with Crippen molar-refractivity contribution in [3.05, 3.63) is 29.1 Å². The van der Waals surface area contributed by atoms with Crippen molar-refractivity contribution in [2.75, 3.05) is 0 Å². The second-order valence-corrected chi connectivity index (χ2v) is 5.54. The Morgan fingerprint density at radius 2 is 2.21 bits per heavy atom. The van der Waals surface area contributed by atoms with Gasteiger partial charge in [-0.05, 0) is 54.2 Å². The molecule has 3 aliphatic rings. The Morgan fingerprint density at radius 1 is 1.43 bits per heavy atom. The van der Waals surface area contributed by atoms with Gasteiger partial charge in [-0.1, -0.05) is 13.8 Å². The summed E-state index contributed by atoms with van der Waals surface area (Å²) in [6.07, 6.45) is 4.79. The van der Waals surface area contributed by atoms with Gasteiger partial charge in [-0.2, -0.15) is 0 Å². The second kappa shape index (κ2) is 2.39. The monoisotopic (exact) mass is 187 g/mol. The molecule has 0 saturated heterocycles. The van der Waals surface area contributed by atoms with E-state index in [0.29, 0.717) is 5.41 Å². The second-order valence-electron chi connectivity index (χ2n) is 5.54. The standard InChI is InChI=1S/C13H17N/c1-8-4-9-5-10-6-12(13(10,2)3)11(9)7-14-8/h4,7,10,12H,5-6H2,1-3H3. The quantitative estimate of drug-likeness (QED) is 0.608. The van der Waals surface area contributed by atoms with Gasteiger partial charge in [-0.3, -0.25) is 4.98 Å². The Morgan fingerprint density at radius 3 is 2.93 bits per heavy atom. The molecular weight excluding hydrogens is 170 g/mol. The van der Waals surface area contributed by atoms with Crippen LogP contribution in [0.3, 0.4) is 0 Å². The van der Waals surface area contributed by atoms with Gasteiger partial charge in [0.15, 0.2) is 0 Å². The lowest BCUT2D eigenvalue weighted by molar-refractivity contribution is 0.0182. The summed E-state index contributed by atoms with van der Waals surface area (Å²) in [4.78, 5) is 4.43. The molecule has 1 aromatic rings. The SMILES string of the molecule is Cc1cc2c(cn1)C1CC(C2)C1(C)C. The molecule has 0 amide bonds. The highest BCUT2D eigenvalue weighted by molar-refractivity contribution is 5.38. The molecule has 74 valence electrons. The van der Waals surface area contributed by atoms with Crippen LogP contribution in [-0.2, 0) is 6.42 Å². The van der Waals surface area contributed by atoms with Gasteiger partial charge in [0.2, 0.25) is 0 Å². The number of hydrogen-bond donors (Lipinski definition) is 0. The lowest BCUT2D eigenvalue weighted by Gasteiger charge is -2.57. The Labute approximate surface area is 85.6 Å². The van der Waals surface area contributed by atoms with Gasteiger partial charge in [0, 0.05) is 11.9 Å². The van der Waals surface area contributed by atoms with Gasteiger partial charge in [-0.25, -0.2) is 0 Å². The van der Waals surface area contributed by atoms with Gasteiger partial charge in [0.25, 0.3) is 0 Å². The van der Waals surface area contributed by atoms with Crippen molar-refractivity contribution in [2.45, 2.75) is 39.5 Å². The van der Waals surface area contributed by atoms with Crippen LogP contribution in [0, 0.1) is 18.3 Å². The molecule has 14 heavy (non-hydrogen) atoms. The fourth-order valence-corrected chi connectivity index (χ4v) is 3.27. The lowest BCUT2D eigenvalue weighted by Crippen LogP contribution is -2.48. The first kappa shape index (κ1) is 8.46. The van der Waals surface area contributed by atoms with Gasteiger partial charge in [0.05, 0.1) is 0 Å². The summed E-state index contributed by atoms with van der Waals surface area (Å²) in [6.45, 7) is 6.91. The minimum absolute atomic E-state index is 0.532. The third-order valence-corrected chi connectivity index (χ3v) is 4.47. The number of nitrogens with zero attached hydrogens (tertiary/aromatic N) is 1. The van der Waals surface area contributed by atoms with Crippen LogP contribution in [0.2, 0.25) is 0 Å².